The molecule has 0 aromatic carbocycles. The molecule has 0 spiro atoms. The van der Waals surface area contributed by atoms with Gasteiger partial charge >= 0.3 is 11.9 Å². The van der Waals surface area contributed by atoms with Crippen LogP contribution in [0.25, 0.3) is 0 Å². The van der Waals surface area contributed by atoms with E-state index in [4.69, 9.17) is 8.92 Å². The topological polar surface area (TPSA) is 125 Å². The lowest BCUT2D eigenvalue weighted by molar-refractivity contribution is -0.156. The molecule has 2 aliphatic carbocycles. The molecular weight excluding hydrogens is 366 g/mol. The molecule has 3 rings (SSSR count). The molecule has 26 heavy (non-hydrogen) atoms. The number of hydrogen-bond donors (Lipinski definition) is 1. The van der Waals surface area contributed by atoms with E-state index in [-0.39, 0.29) is 30.9 Å². The van der Waals surface area contributed by atoms with Gasteiger partial charge in [0.25, 0.3) is 10.1 Å². The van der Waals surface area contributed by atoms with Crippen LogP contribution in [0.2, 0.25) is 0 Å². The maximum absolute atomic E-state index is 12.5. The maximum Gasteiger partial charge on any atom is 0.325 e. The molecule has 5 unspecified atom stereocenters. The Labute approximate surface area is 151 Å². The largest absolute Gasteiger partial charge is 0.469 e. The van der Waals surface area contributed by atoms with Gasteiger partial charge in [-0.05, 0) is 19.8 Å². The Morgan fingerprint density at radius 2 is 2.00 bits per heavy atom. The van der Waals surface area contributed by atoms with Crippen LogP contribution >= 0.6 is 0 Å². The summed E-state index contributed by atoms with van der Waals surface area (Å²) in [4.78, 5) is 35.1. The van der Waals surface area contributed by atoms with Crippen LogP contribution in [0, 0.1) is 11.8 Å². The van der Waals surface area contributed by atoms with Crippen LogP contribution in [0.4, 0.5) is 0 Å². The molecule has 2 saturated carbocycles. The van der Waals surface area contributed by atoms with Gasteiger partial charge in [-0.3, -0.25) is 18.6 Å². The highest BCUT2D eigenvalue weighted by Gasteiger charge is 2.74. The van der Waals surface area contributed by atoms with E-state index in [0.29, 0.717) is 6.42 Å². The number of ether oxygens (including phenoxy) is 2. The summed E-state index contributed by atoms with van der Waals surface area (Å²) in [7, 11) is -2.77. The number of amides is 1. The van der Waals surface area contributed by atoms with E-state index in [1.165, 1.54) is 14.0 Å². The molecule has 0 aromatic rings. The Hall–Kier alpha value is -1.94. The van der Waals surface area contributed by atoms with Crippen molar-refractivity contribution in [3.05, 3.63) is 12.2 Å². The molecule has 3 fully saturated rings. The monoisotopic (exact) mass is 387 g/mol. The third-order valence-electron chi connectivity index (χ3n) is 5.48. The first kappa shape index (κ1) is 18.8. The van der Waals surface area contributed by atoms with Crippen LogP contribution in [-0.4, -0.2) is 56.9 Å². The Bertz CT molecular complexity index is 775. The summed E-state index contributed by atoms with van der Waals surface area (Å²) in [6, 6.07) is 0. The number of fused-ring (bicyclic) bond motifs is 1. The first-order valence-corrected chi connectivity index (χ1v) is 9.65. The molecule has 9 nitrogen and oxygen atoms in total. The lowest BCUT2D eigenvalue weighted by Crippen LogP contribution is -2.46. The van der Waals surface area contributed by atoms with Crippen molar-refractivity contribution in [2.24, 2.45) is 11.8 Å². The minimum absolute atomic E-state index is 0.182. The third kappa shape index (κ3) is 2.81. The molecule has 3 aliphatic rings. The van der Waals surface area contributed by atoms with Crippen molar-refractivity contribution in [2.75, 3.05) is 13.7 Å². The molecule has 0 radical (unpaired) electrons. The van der Waals surface area contributed by atoms with Gasteiger partial charge in [-0.25, -0.2) is 0 Å². The summed E-state index contributed by atoms with van der Waals surface area (Å²) in [6.07, 6.45) is -1.10. The predicted octanol–water partition coefficient (Wildman–Crippen LogP) is -0.339. The van der Waals surface area contributed by atoms with Crippen molar-refractivity contribution < 1.29 is 36.5 Å². The fourth-order valence-electron chi connectivity index (χ4n) is 4.32. The molecular formula is C16H21NO8S. The Morgan fingerprint density at radius 3 is 2.62 bits per heavy atom. The van der Waals surface area contributed by atoms with Crippen LogP contribution in [0.1, 0.15) is 26.2 Å². The predicted molar refractivity (Wildman–Crippen MR) is 87.1 cm³/mol. The first-order chi connectivity index (χ1) is 12.1. The van der Waals surface area contributed by atoms with E-state index >= 15 is 0 Å². The lowest BCUT2D eigenvalue weighted by atomic mass is 9.82. The number of hydrogen-bond acceptors (Lipinski definition) is 8. The fourth-order valence-corrected chi connectivity index (χ4v) is 6.36. The van der Waals surface area contributed by atoms with Crippen LogP contribution in [-0.2, 0) is 38.2 Å². The molecule has 1 saturated heterocycles. The second kappa shape index (κ2) is 6.34. The highest BCUT2D eigenvalue weighted by atomic mass is 32.2. The standard InChI is InChI=1S/C16H21NO8S/c1-8(2)15(20)17-7-12(19)24-13-9-4-10-14(13)25-26(21,22)16(10,5-9)6-11(18)23-3/h9-10,13-14H,1,4-7H2,2-3H3,(H,17,20). The quantitative estimate of drug-likeness (QED) is 0.373. The van der Waals surface area contributed by atoms with Crippen molar-refractivity contribution in [3.63, 3.8) is 0 Å². The summed E-state index contributed by atoms with van der Waals surface area (Å²) in [6.45, 7) is 4.63. The second-order valence-electron chi connectivity index (χ2n) is 7.06. The van der Waals surface area contributed by atoms with Crippen molar-refractivity contribution in [1.82, 2.24) is 5.32 Å². The first-order valence-electron chi connectivity index (χ1n) is 8.24. The van der Waals surface area contributed by atoms with E-state index in [2.05, 4.69) is 16.6 Å². The summed E-state index contributed by atoms with van der Waals surface area (Å²) >= 11 is 0. The number of rotatable bonds is 6. The SMILES string of the molecule is C=C(C)C(=O)NCC(=O)OC1C2CC3C1OS(=O)(=O)C3(CC(=O)OC)C2. The number of carbonyl (C=O) groups is 3. The average molecular weight is 387 g/mol. The molecule has 1 heterocycles. The van der Waals surface area contributed by atoms with Crippen LogP contribution in [0.5, 0.6) is 0 Å². The van der Waals surface area contributed by atoms with Gasteiger partial charge in [0.2, 0.25) is 5.91 Å². The highest BCUT2D eigenvalue weighted by Crippen LogP contribution is 2.63. The molecule has 0 aromatic heterocycles. The van der Waals surface area contributed by atoms with Crippen LogP contribution < -0.4 is 5.32 Å². The van der Waals surface area contributed by atoms with Crippen molar-refractivity contribution in [2.45, 2.75) is 43.1 Å². The number of carbonyl (C=O) groups excluding carboxylic acids is 3. The summed E-state index contributed by atoms with van der Waals surface area (Å²) in [5.41, 5.74) is 0.260. The molecule has 1 N–H and O–H groups in total. The van der Waals surface area contributed by atoms with Gasteiger partial charge in [-0.15, -0.1) is 0 Å². The fraction of sp³-hybridized carbons (Fsp3) is 0.688. The Balaban J connectivity index is 1.69. The van der Waals surface area contributed by atoms with E-state index in [0.717, 1.165) is 0 Å². The zero-order chi connectivity index (χ0) is 19.3. The van der Waals surface area contributed by atoms with Gasteiger partial charge in [0, 0.05) is 17.4 Å². The normalized spacial score (nSPS) is 35.8. The zero-order valence-corrected chi connectivity index (χ0v) is 15.3. The smallest absolute Gasteiger partial charge is 0.325 e. The summed E-state index contributed by atoms with van der Waals surface area (Å²) in [5, 5.41) is 2.37. The molecule has 1 aliphatic heterocycles. The lowest BCUT2D eigenvalue weighted by Gasteiger charge is -2.31. The van der Waals surface area contributed by atoms with E-state index < -0.39 is 50.8 Å². The van der Waals surface area contributed by atoms with Crippen LogP contribution in [0.3, 0.4) is 0 Å². The molecule has 144 valence electrons. The molecule has 10 heteroatoms. The second-order valence-corrected chi connectivity index (χ2v) is 8.97. The van der Waals surface area contributed by atoms with Crippen molar-refractivity contribution >= 4 is 28.0 Å². The number of methoxy groups -OCH3 is 1. The molecule has 1 amide bonds. The Morgan fingerprint density at radius 1 is 1.31 bits per heavy atom. The summed E-state index contributed by atoms with van der Waals surface area (Å²) in [5.74, 6) is -2.39. The minimum atomic E-state index is -3.98. The molecule has 2 bridgehead atoms. The van der Waals surface area contributed by atoms with Gasteiger partial charge in [0.05, 0.1) is 13.5 Å². The zero-order valence-electron chi connectivity index (χ0n) is 14.5. The number of nitrogens with one attached hydrogen (secondary N) is 1. The van der Waals surface area contributed by atoms with Gasteiger partial charge in [0.15, 0.2) is 0 Å². The van der Waals surface area contributed by atoms with Crippen LogP contribution in [0.15, 0.2) is 12.2 Å². The van der Waals surface area contributed by atoms with Gasteiger partial charge < -0.3 is 14.8 Å². The minimum Gasteiger partial charge on any atom is -0.469 e. The van der Waals surface area contributed by atoms with Gasteiger partial charge in [0.1, 0.15) is 23.5 Å². The average Bonchev–Trinajstić information content (AvgIpc) is 3.13. The number of esters is 2. The highest BCUT2D eigenvalue weighted by molar-refractivity contribution is 7.88. The summed E-state index contributed by atoms with van der Waals surface area (Å²) < 4.78 is 39.0. The maximum atomic E-state index is 12.5. The van der Waals surface area contributed by atoms with Crippen molar-refractivity contribution in [3.8, 4) is 0 Å². The van der Waals surface area contributed by atoms with Crippen molar-refractivity contribution in [1.29, 1.82) is 0 Å². The Kier molecular flexibility index (Phi) is 4.60. The third-order valence-corrected chi connectivity index (χ3v) is 7.57. The van der Waals surface area contributed by atoms with E-state index in [1.807, 2.05) is 0 Å². The van der Waals surface area contributed by atoms with Gasteiger partial charge in [-0.1, -0.05) is 6.58 Å². The van der Waals surface area contributed by atoms with E-state index in [9.17, 15) is 22.8 Å². The van der Waals surface area contributed by atoms with Gasteiger partial charge in [-0.2, -0.15) is 8.42 Å². The molecule has 5 atom stereocenters. The van der Waals surface area contributed by atoms with E-state index in [1.54, 1.807) is 0 Å².